The topological polar surface area (TPSA) is 55.1 Å². The van der Waals surface area contributed by atoms with Crippen LogP contribution >= 0.6 is 0 Å². The van der Waals surface area contributed by atoms with E-state index >= 15 is 0 Å². The van der Waals surface area contributed by atoms with E-state index in [2.05, 4.69) is 18.3 Å². The van der Waals surface area contributed by atoms with Crippen molar-refractivity contribution in [3.63, 3.8) is 0 Å². The Labute approximate surface area is 68.1 Å². The summed E-state index contributed by atoms with van der Waals surface area (Å²) < 4.78 is 6.54. The molecule has 1 atom stereocenters. The van der Waals surface area contributed by atoms with Gasteiger partial charge >= 0.3 is 6.03 Å². The number of hydrogen-bond acceptors (Lipinski definition) is 1. The summed E-state index contributed by atoms with van der Waals surface area (Å²) in [5, 5.41) is 2.59. The molecule has 0 aromatic heterocycles. The van der Waals surface area contributed by atoms with E-state index in [9.17, 15) is 4.79 Å². The molecule has 1 unspecified atom stereocenters. The van der Waals surface area contributed by atoms with Crippen LogP contribution < -0.4 is 11.0 Å². The van der Waals surface area contributed by atoms with E-state index in [0.29, 0.717) is 12.5 Å². The van der Waals surface area contributed by atoms with Crippen LogP contribution in [0.5, 0.6) is 0 Å². The molecule has 0 aromatic rings. The zero-order valence-corrected chi connectivity index (χ0v) is 6.68. The summed E-state index contributed by atoms with van der Waals surface area (Å²) in [6, 6.07) is -0.435. The van der Waals surface area contributed by atoms with Gasteiger partial charge in [-0.3, -0.25) is 0 Å². The van der Waals surface area contributed by atoms with Gasteiger partial charge in [-0.1, -0.05) is 18.6 Å². The molecule has 3 N–H and O–H groups in total. The molecule has 1 aliphatic carbocycles. The number of carbonyl (C=O) groups is 1. The molecular weight excluding hydrogens is 140 g/mol. The summed E-state index contributed by atoms with van der Waals surface area (Å²) >= 11 is 0. The second-order valence-electron chi connectivity index (χ2n) is 3.02. The average Bonchev–Trinajstić information content (AvgIpc) is 2.47. The van der Waals surface area contributed by atoms with Gasteiger partial charge in [-0.05, 0) is 18.8 Å². The van der Waals surface area contributed by atoms with E-state index in [-0.39, 0.29) is 0 Å². The molecule has 0 saturated heterocycles. The molecule has 1 aliphatic rings. The van der Waals surface area contributed by atoms with Crippen molar-refractivity contribution >= 4 is 6.03 Å². The van der Waals surface area contributed by atoms with Gasteiger partial charge in [-0.2, -0.15) is 0 Å². The summed E-state index contributed by atoms with van der Waals surface area (Å²) in [5.41, 5.74) is 3.04. The lowest BCUT2D eigenvalue weighted by Gasteiger charge is -2.00. The van der Waals surface area contributed by atoms with Crippen molar-refractivity contribution in [2.24, 2.45) is 11.6 Å². The number of hydrogen-bond donors (Lipinski definition) is 2. The van der Waals surface area contributed by atoms with Crippen LogP contribution in [0.15, 0.2) is 11.6 Å². The molecule has 2 amide bonds. The van der Waals surface area contributed by atoms with Gasteiger partial charge in [-0.15, -0.1) is 0 Å². The number of primary amides is 1. The molecule has 0 saturated carbocycles. The zero-order valence-electron chi connectivity index (χ0n) is 7.68. The highest BCUT2D eigenvalue weighted by molar-refractivity contribution is 5.71. The largest absolute Gasteiger partial charge is 0.352 e. The Hall–Kier alpha value is -0.990. The molecule has 0 fully saturated rings. The maximum absolute atomic E-state index is 10.6. The highest BCUT2D eigenvalue weighted by atomic mass is 16.2. The van der Waals surface area contributed by atoms with E-state index in [0.717, 1.165) is 6.42 Å². The van der Waals surface area contributed by atoms with Crippen molar-refractivity contribution in [1.29, 1.82) is 0 Å². The first-order valence-corrected chi connectivity index (χ1v) is 3.87. The number of allylic oxidation sites excluding steroid dienone is 1. The number of nitrogens with two attached hydrogens (primary N) is 1. The second-order valence-corrected chi connectivity index (χ2v) is 3.02. The first-order valence-electron chi connectivity index (χ1n) is 4.37. The molecule has 0 bridgehead atoms. The van der Waals surface area contributed by atoms with Crippen LogP contribution in [-0.2, 0) is 0 Å². The maximum atomic E-state index is 10.6. The Morgan fingerprint density at radius 3 is 3.45 bits per heavy atom. The molecule has 0 aliphatic heterocycles. The van der Waals surface area contributed by atoms with Crippen LogP contribution in [0.2, 0.25) is 1.41 Å². The summed E-state index contributed by atoms with van der Waals surface area (Å²) in [7, 11) is 0. The van der Waals surface area contributed by atoms with E-state index in [4.69, 9.17) is 1.41 Å². The predicted molar refractivity (Wildman–Crippen MR) is 44.1 cm³/mol. The van der Waals surface area contributed by atoms with Crippen LogP contribution in [0.4, 0.5) is 4.79 Å². The van der Waals surface area contributed by atoms with E-state index < -0.39 is 6.03 Å². The fourth-order valence-electron chi connectivity index (χ4n) is 1.32. The average molecular weight is 155 g/mol. The molecular formula is C8H14N2O. The Morgan fingerprint density at radius 1 is 2.09 bits per heavy atom. The van der Waals surface area contributed by atoms with E-state index in [1.165, 1.54) is 12.0 Å². The summed E-state index contributed by atoms with van der Waals surface area (Å²) in [6.45, 7) is 2.74. The van der Waals surface area contributed by atoms with E-state index in [1.807, 2.05) is 0 Å². The molecule has 3 heteroatoms. The smallest absolute Gasteiger partial charge is 0.312 e. The van der Waals surface area contributed by atoms with Gasteiger partial charge in [0.2, 0.25) is 0 Å². The Balaban J connectivity index is 2.24. The van der Waals surface area contributed by atoms with E-state index in [1.54, 1.807) is 5.73 Å². The molecule has 1 rings (SSSR count). The molecule has 0 aromatic carbocycles. The molecule has 3 nitrogen and oxygen atoms in total. The van der Waals surface area contributed by atoms with Crippen LogP contribution in [0.1, 0.15) is 19.8 Å². The van der Waals surface area contributed by atoms with Crippen LogP contribution in [0, 0.1) is 5.92 Å². The minimum Gasteiger partial charge on any atom is -0.352 e. The Bertz CT molecular complexity index is 203. The number of amides is 2. The fourth-order valence-corrected chi connectivity index (χ4v) is 1.32. The summed E-state index contributed by atoms with van der Waals surface area (Å²) in [4.78, 5) is 10.6. The quantitative estimate of drug-likeness (QED) is 0.574. The highest BCUT2D eigenvalue weighted by Gasteiger charge is 2.10. The van der Waals surface area contributed by atoms with Gasteiger partial charge in [0.1, 0.15) is 0 Å². The Kier molecular flexibility index (Phi) is 2.08. The minimum absolute atomic E-state index is 0.435. The lowest BCUT2D eigenvalue weighted by Crippen LogP contribution is -2.30. The Morgan fingerprint density at radius 2 is 2.91 bits per heavy atom. The molecule has 11 heavy (non-hydrogen) atoms. The van der Waals surface area contributed by atoms with Crippen molar-refractivity contribution in [3.05, 3.63) is 11.6 Å². The molecule has 0 heterocycles. The van der Waals surface area contributed by atoms with Crippen molar-refractivity contribution in [2.45, 2.75) is 19.8 Å². The maximum Gasteiger partial charge on any atom is 0.312 e. The van der Waals surface area contributed by atoms with Crippen LogP contribution in [0.3, 0.4) is 0 Å². The van der Waals surface area contributed by atoms with Gasteiger partial charge < -0.3 is 11.0 Å². The standard InChI is InChI=1S/C8H14N2O/c1-6-2-3-7(4-6)5-10-8(9)11/h4,6H,2-3,5H2,1H3,(H3,9,10,11)/i/hD. The zero-order chi connectivity index (χ0) is 8.97. The van der Waals surface area contributed by atoms with Crippen molar-refractivity contribution in [1.82, 2.24) is 5.32 Å². The lowest BCUT2D eigenvalue weighted by molar-refractivity contribution is 0.249. The monoisotopic (exact) mass is 155 g/mol. The number of carbonyl (C=O) groups excluding carboxylic acids is 1. The second kappa shape index (κ2) is 3.42. The van der Waals surface area contributed by atoms with Crippen molar-refractivity contribution < 1.29 is 6.21 Å². The lowest BCUT2D eigenvalue weighted by atomic mass is 10.2. The molecule has 0 radical (unpaired) electrons. The number of urea groups is 1. The summed E-state index contributed by atoms with van der Waals surface area (Å²) in [5.74, 6) is 0.640. The third-order valence-electron chi connectivity index (χ3n) is 1.92. The SMILES string of the molecule is [2H]NC(=O)NCC1=CC(C)CC1. The van der Waals surface area contributed by atoms with Gasteiger partial charge in [0.25, 0.3) is 0 Å². The predicted octanol–water partition coefficient (Wildman–Crippen LogP) is 1.01. The van der Waals surface area contributed by atoms with Crippen LogP contribution in [0.25, 0.3) is 0 Å². The van der Waals surface area contributed by atoms with Gasteiger partial charge in [-0.25, -0.2) is 4.79 Å². The molecule has 62 valence electrons. The fraction of sp³-hybridized carbons (Fsp3) is 0.625. The summed E-state index contributed by atoms with van der Waals surface area (Å²) in [6.07, 6.45) is 4.43. The van der Waals surface area contributed by atoms with Gasteiger partial charge in [0, 0.05) is 6.54 Å². The molecule has 0 spiro atoms. The van der Waals surface area contributed by atoms with Crippen molar-refractivity contribution in [2.75, 3.05) is 6.54 Å². The first kappa shape index (κ1) is 6.70. The van der Waals surface area contributed by atoms with Gasteiger partial charge in [0.15, 0.2) is 1.41 Å². The third kappa shape index (κ3) is 2.62. The van der Waals surface area contributed by atoms with Gasteiger partial charge in [0.05, 0.1) is 0 Å². The number of rotatable bonds is 2. The normalized spacial score (nSPS) is 23.9. The van der Waals surface area contributed by atoms with Crippen LogP contribution in [-0.4, -0.2) is 12.6 Å². The van der Waals surface area contributed by atoms with Crippen molar-refractivity contribution in [3.8, 4) is 0 Å². The highest BCUT2D eigenvalue weighted by Crippen LogP contribution is 2.22. The minimum atomic E-state index is -0.435. The first-order chi connectivity index (χ1) is 5.72. The third-order valence-corrected chi connectivity index (χ3v) is 1.92. The number of nitrogens with one attached hydrogen (secondary N) is 1.